The Balaban J connectivity index is 1.48. The lowest BCUT2D eigenvalue weighted by Gasteiger charge is -2.56. The largest absolute Gasteiger partial charge is 0.458 e. The molecule has 0 aromatic rings. The molecule has 5 rings (SSSR count). The maximum absolute atomic E-state index is 13.3. The lowest BCUT2D eigenvalue weighted by Crippen LogP contribution is -2.60. The van der Waals surface area contributed by atoms with E-state index in [2.05, 4.69) is 13.8 Å². The van der Waals surface area contributed by atoms with Crippen molar-refractivity contribution in [3.8, 4) is 0 Å². The third kappa shape index (κ3) is 2.16. The Bertz CT molecular complexity index is 745. The van der Waals surface area contributed by atoms with Crippen molar-refractivity contribution >= 4 is 11.9 Å². The van der Waals surface area contributed by atoms with E-state index in [-0.39, 0.29) is 29.4 Å². The van der Waals surface area contributed by atoms with Crippen molar-refractivity contribution in [1.29, 1.82) is 0 Å². The fourth-order valence-corrected chi connectivity index (χ4v) is 6.91. The molecule has 0 aromatic carbocycles. The normalized spacial score (nSPS) is 48.9. The summed E-state index contributed by atoms with van der Waals surface area (Å²) in [6, 6.07) is 0. The average Bonchev–Trinajstić information content (AvgIpc) is 3.22. The van der Waals surface area contributed by atoms with Crippen LogP contribution in [-0.4, -0.2) is 43.1 Å². The van der Waals surface area contributed by atoms with Gasteiger partial charge in [-0.1, -0.05) is 13.8 Å². The zero-order chi connectivity index (χ0) is 19.7. The second-order valence-electron chi connectivity index (χ2n) is 9.55. The molecule has 3 aliphatic heterocycles. The van der Waals surface area contributed by atoms with Gasteiger partial charge in [-0.2, -0.15) is 0 Å². The van der Waals surface area contributed by atoms with Gasteiger partial charge in [0.05, 0.1) is 6.10 Å². The second kappa shape index (κ2) is 6.05. The molecule has 2 saturated heterocycles. The van der Waals surface area contributed by atoms with Crippen LogP contribution in [0.5, 0.6) is 0 Å². The van der Waals surface area contributed by atoms with Crippen LogP contribution in [0.25, 0.3) is 0 Å². The summed E-state index contributed by atoms with van der Waals surface area (Å²) >= 11 is 0. The second-order valence-corrected chi connectivity index (χ2v) is 9.55. The highest BCUT2D eigenvalue weighted by Gasteiger charge is 2.86. The van der Waals surface area contributed by atoms with Crippen LogP contribution >= 0.6 is 0 Å². The minimum atomic E-state index is -0.590. The number of hydrogen-bond donors (Lipinski definition) is 0. The fourth-order valence-electron chi connectivity index (χ4n) is 6.91. The highest BCUT2D eigenvalue weighted by Crippen LogP contribution is 2.74. The van der Waals surface area contributed by atoms with Gasteiger partial charge >= 0.3 is 11.9 Å². The van der Waals surface area contributed by atoms with Crippen LogP contribution < -0.4 is 0 Å². The first-order valence-corrected chi connectivity index (χ1v) is 10.7. The molecule has 2 saturated carbocycles. The van der Waals surface area contributed by atoms with Gasteiger partial charge in [0.2, 0.25) is 6.29 Å². The van der Waals surface area contributed by atoms with Crippen LogP contribution in [0.15, 0.2) is 11.6 Å². The third-order valence-corrected chi connectivity index (χ3v) is 8.61. The molecule has 6 heteroatoms. The molecule has 3 heterocycles. The summed E-state index contributed by atoms with van der Waals surface area (Å²) in [4.78, 5) is 24.7. The van der Waals surface area contributed by atoms with Crippen molar-refractivity contribution in [2.45, 2.75) is 77.3 Å². The van der Waals surface area contributed by atoms with Gasteiger partial charge in [0.1, 0.15) is 12.0 Å². The maximum Gasteiger partial charge on any atom is 0.331 e. The molecular weight excluding hydrogens is 360 g/mol. The van der Waals surface area contributed by atoms with E-state index in [4.69, 9.17) is 18.9 Å². The summed E-state index contributed by atoms with van der Waals surface area (Å²) in [6.07, 6.45) is 6.65. The fraction of sp³-hybridized carbons (Fsp3) is 0.818. The molecule has 0 bridgehead atoms. The highest BCUT2D eigenvalue weighted by molar-refractivity contribution is 5.85. The minimum Gasteiger partial charge on any atom is -0.458 e. The number of rotatable bonds is 5. The zero-order valence-corrected chi connectivity index (χ0v) is 17.0. The Morgan fingerprint density at radius 1 is 1.25 bits per heavy atom. The molecule has 0 radical (unpaired) electrons. The molecule has 0 aromatic heterocycles. The molecule has 28 heavy (non-hydrogen) atoms. The van der Waals surface area contributed by atoms with Crippen molar-refractivity contribution in [3.63, 3.8) is 0 Å². The molecular formula is C22H30O6. The van der Waals surface area contributed by atoms with Gasteiger partial charge in [-0.3, -0.25) is 4.79 Å². The Morgan fingerprint density at radius 2 is 2.07 bits per heavy atom. The van der Waals surface area contributed by atoms with Gasteiger partial charge in [-0.15, -0.1) is 0 Å². The van der Waals surface area contributed by atoms with Crippen molar-refractivity contribution in [2.75, 3.05) is 13.2 Å². The molecule has 4 fully saturated rings. The average molecular weight is 390 g/mol. The Kier molecular flexibility index (Phi) is 4.02. The molecule has 1 unspecified atom stereocenters. The van der Waals surface area contributed by atoms with Crippen LogP contribution in [-0.2, 0) is 28.5 Å². The van der Waals surface area contributed by atoms with E-state index in [1.54, 1.807) is 6.08 Å². The summed E-state index contributed by atoms with van der Waals surface area (Å²) < 4.78 is 23.0. The van der Waals surface area contributed by atoms with Crippen LogP contribution in [0, 0.1) is 22.7 Å². The number of esters is 2. The van der Waals surface area contributed by atoms with Gasteiger partial charge in [-0.05, 0) is 68.3 Å². The van der Waals surface area contributed by atoms with E-state index in [9.17, 15) is 9.59 Å². The summed E-state index contributed by atoms with van der Waals surface area (Å²) in [6.45, 7) is 7.48. The molecule has 7 atom stereocenters. The first-order chi connectivity index (χ1) is 13.4. The van der Waals surface area contributed by atoms with Crippen molar-refractivity contribution in [2.24, 2.45) is 22.7 Å². The van der Waals surface area contributed by atoms with Crippen molar-refractivity contribution < 1.29 is 28.5 Å². The molecule has 0 N–H and O–H groups in total. The minimum absolute atomic E-state index is 0.0191. The van der Waals surface area contributed by atoms with E-state index in [0.717, 1.165) is 44.1 Å². The third-order valence-electron chi connectivity index (χ3n) is 8.61. The molecule has 2 spiro atoms. The topological polar surface area (TPSA) is 74.4 Å². The van der Waals surface area contributed by atoms with Gasteiger partial charge in [0.15, 0.2) is 5.60 Å². The van der Waals surface area contributed by atoms with E-state index >= 15 is 0 Å². The molecule has 2 aliphatic carbocycles. The van der Waals surface area contributed by atoms with E-state index in [0.29, 0.717) is 19.1 Å². The van der Waals surface area contributed by atoms with Crippen LogP contribution in [0.2, 0.25) is 0 Å². The molecule has 6 nitrogen and oxygen atoms in total. The highest BCUT2D eigenvalue weighted by atomic mass is 16.8. The lowest BCUT2D eigenvalue weighted by atomic mass is 9.44. The summed E-state index contributed by atoms with van der Waals surface area (Å²) in [5.41, 5.74) is -0.136. The van der Waals surface area contributed by atoms with Gasteiger partial charge in [-0.25, -0.2) is 4.79 Å². The smallest absolute Gasteiger partial charge is 0.331 e. The summed E-state index contributed by atoms with van der Waals surface area (Å²) in [7, 11) is 0. The number of hydrogen-bond acceptors (Lipinski definition) is 6. The molecule has 0 amide bonds. The van der Waals surface area contributed by atoms with Crippen LogP contribution in [0.1, 0.15) is 59.3 Å². The van der Waals surface area contributed by atoms with E-state index in [1.165, 1.54) is 0 Å². The van der Waals surface area contributed by atoms with Gasteiger partial charge in [0, 0.05) is 12.7 Å². The van der Waals surface area contributed by atoms with E-state index in [1.807, 2.05) is 6.92 Å². The number of ether oxygens (including phenoxy) is 4. The zero-order valence-electron chi connectivity index (χ0n) is 17.0. The Hall–Kier alpha value is -1.40. The summed E-state index contributed by atoms with van der Waals surface area (Å²) in [5, 5.41) is 0. The number of cyclic esters (lactones) is 2. The van der Waals surface area contributed by atoms with E-state index < -0.39 is 17.3 Å². The number of epoxide rings is 1. The van der Waals surface area contributed by atoms with Crippen LogP contribution in [0.3, 0.4) is 0 Å². The first-order valence-electron chi connectivity index (χ1n) is 10.7. The maximum atomic E-state index is 13.3. The standard InChI is InChI=1S/C22H30O6/c1-4-25-19-22-16(28-22)6-5-15-20(3,9-8-14-11-17(23)26-12-14)13(2)7-10-21(15,22)18(24)27-19/h11,13,15-16,19H,4-10,12H2,1-3H3/t13-,15-,16-,19?,20+,21+,22+/m0/s1. The monoisotopic (exact) mass is 390 g/mol. The number of carbonyl (C=O) groups excluding carboxylic acids is 2. The number of carbonyl (C=O) groups is 2. The Morgan fingerprint density at radius 3 is 2.79 bits per heavy atom. The predicted molar refractivity (Wildman–Crippen MR) is 99.0 cm³/mol. The lowest BCUT2D eigenvalue weighted by molar-refractivity contribution is -0.170. The van der Waals surface area contributed by atoms with Gasteiger partial charge < -0.3 is 18.9 Å². The SMILES string of the molecule is CCOC1OC(=O)[C@@]23CC[C@H](C)[C@@](C)(CCC4=CC(=O)OC4)[C@@H]2CC[C@@H]2O[C@@]123. The quantitative estimate of drug-likeness (QED) is 0.530. The first kappa shape index (κ1) is 18.6. The molecule has 5 aliphatic rings. The van der Waals surface area contributed by atoms with Crippen LogP contribution in [0.4, 0.5) is 0 Å². The summed E-state index contributed by atoms with van der Waals surface area (Å²) in [5.74, 6) is 0.347. The van der Waals surface area contributed by atoms with Gasteiger partial charge in [0.25, 0.3) is 0 Å². The Labute approximate surface area is 165 Å². The predicted octanol–water partition coefficient (Wildman–Crippen LogP) is 3.14. The van der Waals surface area contributed by atoms with Crippen molar-refractivity contribution in [3.05, 3.63) is 11.6 Å². The van der Waals surface area contributed by atoms with Crippen molar-refractivity contribution in [1.82, 2.24) is 0 Å². The molecule has 154 valence electrons.